The van der Waals surface area contributed by atoms with Gasteiger partial charge in [-0.2, -0.15) is 0 Å². The molecule has 0 aliphatic heterocycles. The lowest BCUT2D eigenvalue weighted by Gasteiger charge is -2.23. The zero-order valence-corrected chi connectivity index (χ0v) is 8.70. The van der Waals surface area contributed by atoms with E-state index in [-0.39, 0.29) is 5.41 Å². The molecule has 2 aliphatic carbocycles. The first kappa shape index (κ1) is 9.14. The van der Waals surface area contributed by atoms with Crippen molar-refractivity contribution in [2.75, 3.05) is 0 Å². The highest BCUT2D eigenvalue weighted by Crippen LogP contribution is 2.38. The van der Waals surface area contributed by atoms with Gasteiger partial charge in [-0.25, -0.2) is 0 Å². The van der Waals surface area contributed by atoms with E-state index >= 15 is 0 Å². The summed E-state index contributed by atoms with van der Waals surface area (Å²) in [6, 6.07) is 0. The molecule has 0 spiro atoms. The monoisotopic (exact) mass is 183 g/mol. The smallest absolute Gasteiger partial charge is 0.0597 e. The minimum Gasteiger partial charge on any atom is -0.0607 e. The Balaban J connectivity index is 2.59. The van der Waals surface area contributed by atoms with Crippen LogP contribution in [0.5, 0.6) is 0 Å². The Morgan fingerprint density at radius 2 is 1.71 bits per heavy atom. The van der Waals surface area contributed by atoms with Gasteiger partial charge in [0, 0.05) is 24.1 Å². The Bertz CT molecular complexity index is 371. The number of hydrogen-bond donors (Lipinski definition) is 0. The second kappa shape index (κ2) is 3.38. The van der Waals surface area contributed by atoms with E-state index in [1.165, 1.54) is 11.1 Å². The summed E-state index contributed by atoms with van der Waals surface area (Å²) in [7, 11) is 0. The van der Waals surface area contributed by atoms with Crippen LogP contribution in [0.1, 0.15) is 13.8 Å². The first-order valence-electron chi connectivity index (χ1n) is 4.99. The largest absolute Gasteiger partial charge is 0.0607 e. The lowest BCUT2D eigenvalue weighted by Crippen LogP contribution is -2.15. The minimum absolute atomic E-state index is 0.116. The van der Waals surface area contributed by atoms with Gasteiger partial charge in [0.25, 0.3) is 0 Å². The number of allylic oxidation sites excluding steroid dienone is 10. The van der Waals surface area contributed by atoms with Crippen LogP contribution in [0.4, 0.5) is 0 Å². The van der Waals surface area contributed by atoms with Gasteiger partial charge in [-0.05, 0) is 37.6 Å². The Labute approximate surface area is 86.0 Å². The average Bonchev–Trinajstić information content (AvgIpc) is 2.30. The Morgan fingerprint density at radius 1 is 1.00 bits per heavy atom. The number of fused-ring (bicyclic) bond motifs is 2. The SMILES string of the molecule is CC1(C)C2=CC=C[CH+]C=C1C=CC=C2. The van der Waals surface area contributed by atoms with Crippen molar-refractivity contribution in [2.45, 2.75) is 13.8 Å². The molecular formula is C14H15+. The molecule has 0 heteroatoms. The first-order valence-corrected chi connectivity index (χ1v) is 4.99. The molecule has 2 bridgehead atoms. The average molecular weight is 183 g/mol. The molecule has 0 aromatic heterocycles. The predicted molar refractivity (Wildman–Crippen MR) is 61.7 cm³/mol. The second-order valence-electron chi connectivity index (χ2n) is 4.16. The molecule has 70 valence electrons. The molecule has 0 heterocycles. The van der Waals surface area contributed by atoms with Crippen LogP contribution in [0, 0.1) is 11.8 Å². The van der Waals surface area contributed by atoms with Crippen molar-refractivity contribution in [2.24, 2.45) is 5.41 Å². The van der Waals surface area contributed by atoms with E-state index in [1.54, 1.807) is 0 Å². The molecule has 0 radical (unpaired) electrons. The van der Waals surface area contributed by atoms with E-state index in [4.69, 9.17) is 0 Å². The quantitative estimate of drug-likeness (QED) is 0.501. The van der Waals surface area contributed by atoms with Gasteiger partial charge in [0.15, 0.2) is 0 Å². The van der Waals surface area contributed by atoms with Gasteiger partial charge in [0.1, 0.15) is 0 Å². The molecule has 0 saturated carbocycles. The van der Waals surface area contributed by atoms with E-state index in [0.29, 0.717) is 0 Å². The molecule has 14 heavy (non-hydrogen) atoms. The Morgan fingerprint density at radius 3 is 2.50 bits per heavy atom. The number of hydrogen-bond acceptors (Lipinski definition) is 0. The summed E-state index contributed by atoms with van der Waals surface area (Å²) in [5.74, 6) is 0. The topological polar surface area (TPSA) is 0 Å². The van der Waals surface area contributed by atoms with Gasteiger partial charge in [0.2, 0.25) is 0 Å². The summed E-state index contributed by atoms with van der Waals surface area (Å²) in [6.07, 6.45) is 19.2. The van der Waals surface area contributed by atoms with Gasteiger partial charge in [-0.15, -0.1) is 0 Å². The molecule has 2 rings (SSSR count). The molecule has 0 nitrogen and oxygen atoms in total. The van der Waals surface area contributed by atoms with Crippen LogP contribution in [0.2, 0.25) is 0 Å². The third-order valence-corrected chi connectivity index (χ3v) is 2.88. The molecule has 0 fully saturated rings. The highest BCUT2D eigenvalue weighted by atomic mass is 14.3. The predicted octanol–water partition coefficient (Wildman–Crippen LogP) is 3.77. The maximum Gasteiger partial charge on any atom is 0.0597 e. The van der Waals surface area contributed by atoms with Crippen LogP contribution in [0.25, 0.3) is 0 Å². The van der Waals surface area contributed by atoms with E-state index < -0.39 is 0 Å². The van der Waals surface area contributed by atoms with Gasteiger partial charge in [0.05, 0.1) is 11.5 Å². The molecule has 0 unspecified atom stereocenters. The maximum absolute atomic E-state index is 2.26. The third-order valence-electron chi connectivity index (χ3n) is 2.88. The van der Waals surface area contributed by atoms with Gasteiger partial charge in [-0.3, -0.25) is 0 Å². The van der Waals surface area contributed by atoms with E-state index in [9.17, 15) is 0 Å². The fourth-order valence-corrected chi connectivity index (χ4v) is 1.81. The van der Waals surface area contributed by atoms with Crippen molar-refractivity contribution in [3.05, 3.63) is 66.2 Å². The standard InChI is InChI=1S/C14H15/c1-14(2)12-8-4-3-5-9-13(14)11-7-6-10-12/h3-11H,1-2H3/q+1. The van der Waals surface area contributed by atoms with Gasteiger partial charge in [-0.1, -0.05) is 12.2 Å². The van der Waals surface area contributed by atoms with E-state index in [2.05, 4.69) is 68.9 Å². The van der Waals surface area contributed by atoms with Crippen LogP contribution in [0.15, 0.2) is 59.8 Å². The highest BCUT2D eigenvalue weighted by molar-refractivity contribution is 5.48. The summed E-state index contributed by atoms with van der Waals surface area (Å²) < 4.78 is 0. The molecule has 0 atom stereocenters. The zero-order chi connectivity index (χ0) is 10.0. The van der Waals surface area contributed by atoms with Crippen molar-refractivity contribution < 1.29 is 0 Å². The molecule has 0 saturated heterocycles. The molecular weight excluding hydrogens is 168 g/mol. The van der Waals surface area contributed by atoms with Crippen LogP contribution in [-0.2, 0) is 0 Å². The van der Waals surface area contributed by atoms with Crippen LogP contribution in [-0.4, -0.2) is 0 Å². The van der Waals surface area contributed by atoms with Crippen molar-refractivity contribution >= 4 is 0 Å². The summed E-state index contributed by atoms with van der Waals surface area (Å²) in [4.78, 5) is 0. The zero-order valence-electron chi connectivity index (χ0n) is 8.70. The lowest BCUT2D eigenvalue weighted by atomic mass is 9.76. The van der Waals surface area contributed by atoms with Gasteiger partial charge >= 0.3 is 0 Å². The normalized spacial score (nSPS) is 22.7. The third kappa shape index (κ3) is 1.48. The molecule has 0 aromatic carbocycles. The second-order valence-corrected chi connectivity index (χ2v) is 4.16. The van der Waals surface area contributed by atoms with Crippen molar-refractivity contribution in [1.82, 2.24) is 0 Å². The van der Waals surface area contributed by atoms with E-state index in [0.717, 1.165) is 0 Å². The molecule has 0 aromatic rings. The summed E-state index contributed by atoms with van der Waals surface area (Å²) in [5.41, 5.74) is 2.83. The van der Waals surface area contributed by atoms with Crippen LogP contribution < -0.4 is 0 Å². The summed E-state index contributed by atoms with van der Waals surface area (Å²) >= 11 is 0. The van der Waals surface area contributed by atoms with Crippen LogP contribution in [0.3, 0.4) is 0 Å². The minimum atomic E-state index is 0.116. The molecule has 2 aliphatic rings. The van der Waals surface area contributed by atoms with Crippen LogP contribution >= 0.6 is 0 Å². The van der Waals surface area contributed by atoms with E-state index in [1.807, 2.05) is 0 Å². The maximum atomic E-state index is 2.26. The number of rotatable bonds is 0. The molecule has 0 N–H and O–H groups in total. The molecule has 0 amide bonds. The fraction of sp³-hybridized carbons (Fsp3) is 0.214. The van der Waals surface area contributed by atoms with Crippen molar-refractivity contribution in [3.63, 3.8) is 0 Å². The Hall–Kier alpha value is -1.43. The fourth-order valence-electron chi connectivity index (χ4n) is 1.81. The van der Waals surface area contributed by atoms with Crippen molar-refractivity contribution in [3.8, 4) is 0 Å². The first-order chi connectivity index (χ1) is 6.71. The van der Waals surface area contributed by atoms with Gasteiger partial charge < -0.3 is 0 Å². The summed E-state index contributed by atoms with van der Waals surface area (Å²) in [5, 5.41) is 0. The lowest BCUT2D eigenvalue weighted by molar-refractivity contribution is 0.567. The highest BCUT2D eigenvalue weighted by Gasteiger charge is 2.30. The van der Waals surface area contributed by atoms with Crippen molar-refractivity contribution in [1.29, 1.82) is 0 Å². The Kier molecular flexibility index (Phi) is 2.20. The summed E-state index contributed by atoms with van der Waals surface area (Å²) in [6.45, 7) is 4.52.